The maximum Gasteiger partial charge on any atom is 0.248 e. The van der Waals surface area contributed by atoms with Gasteiger partial charge in [-0.3, -0.25) is 9.93 Å². The highest BCUT2D eigenvalue weighted by atomic mass is 32.2. The summed E-state index contributed by atoms with van der Waals surface area (Å²) in [6.07, 6.45) is 3.07. The van der Waals surface area contributed by atoms with Crippen molar-refractivity contribution in [2.75, 3.05) is 18.5 Å². The number of alkyl halides is 2. The molecule has 1 amide bonds. The highest BCUT2D eigenvalue weighted by molar-refractivity contribution is 7.97. The second-order valence-corrected chi connectivity index (χ2v) is 7.46. The van der Waals surface area contributed by atoms with E-state index in [9.17, 15) is 13.6 Å². The Morgan fingerprint density at radius 2 is 2.12 bits per heavy atom. The Balaban J connectivity index is 1.75. The number of hydrogen-bond donors (Lipinski definition) is 2. The Morgan fingerprint density at radius 3 is 2.84 bits per heavy atom. The third-order valence-corrected chi connectivity index (χ3v) is 5.67. The summed E-state index contributed by atoms with van der Waals surface area (Å²) in [7, 11) is 0. The monoisotopic (exact) mass is 371 g/mol. The molecule has 3 rings (SSSR count). The third kappa shape index (κ3) is 4.68. The van der Waals surface area contributed by atoms with Gasteiger partial charge in [-0.2, -0.15) is 0 Å². The Morgan fingerprint density at radius 1 is 1.36 bits per heavy atom. The fourth-order valence-electron chi connectivity index (χ4n) is 3.94. The first-order chi connectivity index (χ1) is 12.0. The molecule has 1 saturated heterocycles. The number of amides is 1. The molecule has 0 unspecified atom stereocenters. The minimum atomic E-state index is -2.78. The molecule has 1 aromatic rings. The van der Waals surface area contributed by atoms with Crippen molar-refractivity contribution in [3.05, 3.63) is 18.3 Å². The van der Waals surface area contributed by atoms with Crippen LogP contribution in [0.25, 0.3) is 0 Å². The molecule has 1 aromatic heterocycles. The summed E-state index contributed by atoms with van der Waals surface area (Å²) < 4.78 is 33.3. The van der Waals surface area contributed by atoms with E-state index < -0.39 is 11.8 Å². The second-order valence-electron chi connectivity index (χ2n) is 6.81. The first-order valence-corrected chi connectivity index (χ1v) is 9.46. The number of nitrogens with zero attached hydrogens (tertiary/aromatic N) is 1. The van der Waals surface area contributed by atoms with Crippen LogP contribution < -0.4 is 10.5 Å². The van der Waals surface area contributed by atoms with Gasteiger partial charge in [0.25, 0.3) is 0 Å². The number of pyridine rings is 1. The highest BCUT2D eigenvalue weighted by Gasteiger charge is 2.47. The number of carbonyl (C=O) groups excluding carboxylic acids is 1. The van der Waals surface area contributed by atoms with Gasteiger partial charge in [-0.1, -0.05) is 0 Å². The summed E-state index contributed by atoms with van der Waals surface area (Å²) in [4.78, 5) is 16.8. The van der Waals surface area contributed by atoms with Gasteiger partial charge in [0.2, 0.25) is 11.8 Å². The van der Waals surface area contributed by atoms with Gasteiger partial charge < -0.3 is 10.1 Å². The molecule has 2 atom stereocenters. The van der Waals surface area contributed by atoms with Crippen LogP contribution in [0.4, 0.5) is 14.5 Å². The Bertz CT molecular complexity index is 611. The average Bonchev–Trinajstić information content (AvgIpc) is 2.62. The molecule has 0 radical (unpaired) electrons. The molecule has 1 aliphatic heterocycles. The van der Waals surface area contributed by atoms with Crippen LogP contribution in [0.2, 0.25) is 0 Å². The van der Waals surface area contributed by atoms with E-state index >= 15 is 0 Å². The number of hydrogen-bond acceptors (Lipinski definition) is 5. The molecule has 1 aliphatic carbocycles. The molecule has 3 N–H and O–H groups in total. The van der Waals surface area contributed by atoms with Gasteiger partial charge in [0.05, 0.1) is 0 Å². The van der Waals surface area contributed by atoms with E-state index in [0.29, 0.717) is 30.3 Å². The van der Waals surface area contributed by atoms with E-state index in [2.05, 4.69) is 10.3 Å². The van der Waals surface area contributed by atoms with Gasteiger partial charge in [0, 0.05) is 43.9 Å². The van der Waals surface area contributed by atoms with Crippen LogP contribution in [0.15, 0.2) is 23.4 Å². The highest BCUT2D eigenvalue weighted by Crippen LogP contribution is 2.45. The van der Waals surface area contributed by atoms with Crippen molar-refractivity contribution in [3.63, 3.8) is 0 Å². The van der Waals surface area contributed by atoms with Crippen molar-refractivity contribution < 1.29 is 18.3 Å². The maximum atomic E-state index is 14.0. The first kappa shape index (κ1) is 18.5. The van der Waals surface area contributed by atoms with Crippen LogP contribution in [-0.4, -0.2) is 30.0 Å². The molecule has 0 spiro atoms. The number of rotatable bonds is 4. The topological polar surface area (TPSA) is 77.2 Å². The van der Waals surface area contributed by atoms with Crippen LogP contribution >= 0.6 is 11.9 Å². The lowest BCUT2D eigenvalue weighted by atomic mass is 9.68. The minimum absolute atomic E-state index is 0.0197. The maximum absolute atomic E-state index is 14.0. The van der Waals surface area contributed by atoms with Crippen molar-refractivity contribution in [2.24, 2.45) is 22.9 Å². The quantitative estimate of drug-likeness (QED) is 0.793. The van der Waals surface area contributed by atoms with E-state index in [1.807, 2.05) is 0 Å². The smallest absolute Gasteiger partial charge is 0.248 e. The van der Waals surface area contributed by atoms with Gasteiger partial charge in [-0.05, 0) is 55.2 Å². The summed E-state index contributed by atoms with van der Waals surface area (Å²) in [5.74, 6) is -3.55. The normalized spacial score (nSPS) is 27.0. The van der Waals surface area contributed by atoms with Gasteiger partial charge in [0.1, 0.15) is 5.03 Å². The summed E-state index contributed by atoms with van der Waals surface area (Å²) in [5.41, 5.74) is 0.535. The standard InChI is InChI=1S/C17H23F2N3O2S/c18-17(19)5-1-13(11-3-7-24-8-4-11)14(10-17)16(23)22-12-2-6-21-15(9-12)25-20/h2,6,9,11,13-14H,1,3-5,7-8,10,20H2,(H,21,22,23)/t13-,14+/m0/s1. The van der Waals surface area contributed by atoms with Crippen molar-refractivity contribution in [1.29, 1.82) is 0 Å². The first-order valence-electron chi connectivity index (χ1n) is 8.58. The van der Waals surface area contributed by atoms with E-state index in [0.717, 1.165) is 24.8 Å². The van der Waals surface area contributed by atoms with Crippen LogP contribution in [0.1, 0.15) is 32.1 Å². The molecule has 2 heterocycles. The fraction of sp³-hybridized carbons (Fsp3) is 0.647. The number of nitrogens with one attached hydrogen (secondary N) is 1. The summed E-state index contributed by atoms with van der Waals surface area (Å²) in [6, 6.07) is 3.29. The van der Waals surface area contributed by atoms with E-state index in [-0.39, 0.29) is 30.6 Å². The zero-order chi connectivity index (χ0) is 17.9. The van der Waals surface area contributed by atoms with Crippen molar-refractivity contribution in [3.8, 4) is 0 Å². The van der Waals surface area contributed by atoms with Gasteiger partial charge in [0.15, 0.2) is 0 Å². The number of anilines is 1. The number of halogens is 2. The summed E-state index contributed by atoms with van der Waals surface area (Å²) >= 11 is 0.972. The Labute approximate surface area is 150 Å². The molecule has 1 saturated carbocycles. The zero-order valence-electron chi connectivity index (χ0n) is 13.9. The number of ether oxygens (including phenoxy) is 1. The van der Waals surface area contributed by atoms with E-state index in [1.165, 1.54) is 6.20 Å². The largest absolute Gasteiger partial charge is 0.381 e. The molecule has 25 heavy (non-hydrogen) atoms. The lowest BCUT2D eigenvalue weighted by Crippen LogP contribution is -2.43. The molecule has 2 fully saturated rings. The van der Waals surface area contributed by atoms with E-state index in [1.54, 1.807) is 12.1 Å². The molecule has 138 valence electrons. The second kappa shape index (κ2) is 7.97. The van der Waals surface area contributed by atoms with Crippen LogP contribution in [0.3, 0.4) is 0 Å². The lowest BCUT2D eigenvalue weighted by molar-refractivity contribution is -0.135. The molecule has 0 bridgehead atoms. The Hall–Kier alpha value is -1.25. The fourth-order valence-corrected chi connectivity index (χ4v) is 4.25. The number of aromatic nitrogens is 1. The van der Waals surface area contributed by atoms with Gasteiger partial charge in [-0.25, -0.2) is 13.8 Å². The van der Waals surface area contributed by atoms with Crippen LogP contribution in [0.5, 0.6) is 0 Å². The van der Waals surface area contributed by atoms with E-state index in [4.69, 9.17) is 9.88 Å². The molecule has 8 heteroatoms. The van der Waals surface area contributed by atoms with Crippen molar-refractivity contribution in [1.82, 2.24) is 4.98 Å². The predicted octanol–water partition coefficient (Wildman–Crippen LogP) is 3.46. The molecular weight excluding hydrogens is 348 g/mol. The minimum Gasteiger partial charge on any atom is -0.381 e. The predicted molar refractivity (Wildman–Crippen MR) is 92.2 cm³/mol. The molecule has 5 nitrogen and oxygen atoms in total. The average molecular weight is 371 g/mol. The van der Waals surface area contributed by atoms with Gasteiger partial charge >= 0.3 is 0 Å². The SMILES string of the molecule is NSc1cc(NC(=O)[C@@H]2CC(F)(F)CC[C@H]2C2CCOCC2)ccn1. The van der Waals surface area contributed by atoms with Gasteiger partial charge in [-0.15, -0.1) is 0 Å². The summed E-state index contributed by atoms with van der Waals surface area (Å²) in [5, 5.41) is 8.82. The lowest BCUT2D eigenvalue weighted by Gasteiger charge is -2.40. The summed E-state index contributed by atoms with van der Waals surface area (Å²) in [6.45, 7) is 1.29. The molecule has 2 aliphatic rings. The van der Waals surface area contributed by atoms with Crippen molar-refractivity contribution in [2.45, 2.75) is 43.1 Å². The van der Waals surface area contributed by atoms with Crippen molar-refractivity contribution >= 4 is 23.5 Å². The van der Waals surface area contributed by atoms with Crippen LogP contribution in [-0.2, 0) is 9.53 Å². The molecular formula is C17H23F2N3O2S. The number of carbonyl (C=O) groups is 1. The number of nitrogens with two attached hydrogens (primary N) is 1. The zero-order valence-corrected chi connectivity index (χ0v) is 14.7. The third-order valence-electron chi connectivity index (χ3n) is 5.21. The Kier molecular flexibility index (Phi) is 5.91. The molecule has 0 aromatic carbocycles. The van der Waals surface area contributed by atoms with Crippen LogP contribution in [0, 0.1) is 17.8 Å².